The van der Waals surface area contributed by atoms with Crippen LogP contribution in [0.15, 0.2) is 146 Å². The van der Waals surface area contributed by atoms with Gasteiger partial charge >= 0.3 is 0 Å². The molecular formula is C47H34O. The van der Waals surface area contributed by atoms with Crippen molar-refractivity contribution < 1.29 is 4.74 Å². The number of fused-ring (bicyclic) bond motifs is 16. The molecule has 3 aliphatic carbocycles. The molecule has 1 fully saturated rings. The van der Waals surface area contributed by atoms with E-state index in [0.29, 0.717) is 0 Å². The van der Waals surface area contributed by atoms with Crippen LogP contribution < -0.4 is 4.74 Å². The van der Waals surface area contributed by atoms with E-state index >= 15 is 0 Å². The number of hydrogen-bond donors (Lipinski definition) is 0. The number of benzene rings is 7. The molecule has 0 bridgehead atoms. The zero-order chi connectivity index (χ0) is 31.5. The van der Waals surface area contributed by atoms with Crippen molar-refractivity contribution in [1.29, 1.82) is 0 Å². The first-order chi connectivity index (χ1) is 23.8. The Morgan fingerprint density at radius 1 is 0.396 bits per heavy atom. The van der Waals surface area contributed by atoms with Crippen LogP contribution in [0.1, 0.15) is 65.5 Å². The van der Waals surface area contributed by atoms with Crippen LogP contribution in [0.4, 0.5) is 0 Å². The van der Waals surface area contributed by atoms with Gasteiger partial charge in [0, 0.05) is 16.5 Å². The quantitative estimate of drug-likeness (QED) is 0.179. The minimum Gasteiger partial charge on any atom is -0.457 e. The molecule has 0 saturated heterocycles. The molecule has 7 aromatic rings. The Bertz CT molecular complexity index is 2430. The van der Waals surface area contributed by atoms with Gasteiger partial charge in [0.25, 0.3) is 0 Å². The lowest BCUT2D eigenvalue weighted by Crippen LogP contribution is -2.33. The smallest absolute Gasteiger partial charge is 0.131 e. The third-order valence-corrected chi connectivity index (χ3v) is 12.1. The summed E-state index contributed by atoms with van der Waals surface area (Å²) in [5, 5.41) is 2.63. The number of para-hydroxylation sites is 1. The largest absolute Gasteiger partial charge is 0.457 e. The van der Waals surface area contributed by atoms with E-state index in [1.165, 1.54) is 110 Å². The monoisotopic (exact) mass is 614 g/mol. The van der Waals surface area contributed by atoms with Crippen molar-refractivity contribution in [3.8, 4) is 44.9 Å². The second-order valence-electron chi connectivity index (χ2n) is 14.2. The fourth-order valence-corrected chi connectivity index (χ4v) is 10.3. The predicted octanol–water partition coefficient (Wildman–Crippen LogP) is 12.2. The summed E-state index contributed by atoms with van der Waals surface area (Å²) in [6.45, 7) is 0. The Kier molecular flexibility index (Phi) is 5.32. The summed E-state index contributed by atoms with van der Waals surface area (Å²) in [7, 11) is 0. The molecule has 1 heteroatoms. The maximum Gasteiger partial charge on any atom is 0.131 e. The molecule has 1 heterocycles. The molecule has 0 atom stereocenters. The Balaban J connectivity index is 1.23. The second-order valence-corrected chi connectivity index (χ2v) is 14.2. The summed E-state index contributed by atoms with van der Waals surface area (Å²) in [5.41, 5.74) is 15.8. The maximum atomic E-state index is 6.65. The van der Waals surface area contributed by atoms with Crippen LogP contribution in [0.3, 0.4) is 0 Å². The molecule has 0 aromatic heterocycles. The van der Waals surface area contributed by atoms with E-state index in [-0.39, 0.29) is 10.8 Å². The zero-order valence-corrected chi connectivity index (χ0v) is 26.8. The maximum absolute atomic E-state index is 6.65. The number of ether oxygens (including phenoxy) is 1. The SMILES string of the molecule is c1ccc2c(c1)Oc1ccc(-c3cc4c(c5ccccc35)-c3ccccc3C43c4ccccc4-c4ccccc43)cc1C21CCCCC1. The molecule has 1 nitrogen and oxygen atoms in total. The Labute approximate surface area is 281 Å². The first kappa shape index (κ1) is 26.6. The molecule has 1 saturated carbocycles. The Morgan fingerprint density at radius 3 is 1.69 bits per heavy atom. The lowest BCUT2D eigenvalue weighted by atomic mass is 9.63. The van der Waals surface area contributed by atoms with Crippen molar-refractivity contribution >= 4 is 10.8 Å². The third kappa shape index (κ3) is 3.22. The van der Waals surface area contributed by atoms with Crippen molar-refractivity contribution in [2.75, 3.05) is 0 Å². The van der Waals surface area contributed by atoms with Gasteiger partial charge in [-0.2, -0.15) is 0 Å². The van der Waals surface area contributed by atoms with E-state index in [1.807, 2.05) is 0 Å². The van der Waals surface area contributed by atoms with Crippen molar-refractivity contribution in [2.24, 2.45) is 0 Å². The first-order valence-corrected chi connectivity index (χ1v) is 17.6. The Hall–Kier alpha value is -5.40. The average molecular weight is 615 g/mol. The molecule has 4 aliphatic rings. The van der Waals surface area contributed by atoms with Gasteiger partial charge in [0.2, 0.25) is 0 Å². The van der Waals surface area contributed by atoms with E-state index in [2.05, 4.69) is 146 Å². The third-order valence-electron chi connectivity index (χ3n) is 12.1. The molecule has 0 amide bonds. The van der Waals surface area contributed by atoms with Crippen LogP contribution in [-0.2, 0) is 10.8 Å². The summed E-state index contributed by atoms with van der Waals surface area (Å²) in [5.74, 6) is 2.05. The molecule has 11 rings (SSSR count). The van der Waals surface area contributed by atoms with E-state index in [0.717, 1.165) is 11.5 Å². The standard InChI is InChI=1S/C47H34O/c1-12-26-46(27-13-1)40-22-10-11-23-43(40)48-44-25-24-30(28-41(44)46)36-29-42-45(34-17-3-2-14-31(34)36)35-18-6-9-21-39(35)47(42)37-19-7-4-15-32(37)33-16-5-8-20-38(33)47/h2-11,14-25,28-29H,1,12-13,26-27H2. The molecule has 228 valence electrons. The van der Waals surface area contributed by atoms with Gasteiger partial charge in [-0.05, 0) is 104 Å². The number of rotatable bonds is 1. The highest BCUT2D eigenvalue weighted by atomic mass is 16.5. The van der Waals surface area contributed by atoms with Crippen molar-refractivity contribution in [3.63, 3.8) is 0 Å². The highest BCUT2D eigenvalue weighted by Crippen LogP contribution is 2.64. The van der Waals surface area contributed by atoms with Gasteiger partial charge < -0.3 is 4.74 Å². The van der Waals surface area contributed by atoms with Crippen molar-refractivity contribution in [1.82, 2.24) is 0 Å². The summed E-state index contributed by atoms with van der Waals surface area (Å²) in [6.07, 6.45) is 6.14. The van der Waals surface area contributed by atoms with Crippen LogP contribution in [0.2, 0.25) is 0 Å². The minimum absolute atomic E-state index is 0.00818. The van der Waals surface area contributed by atoms with Gasteiger partial charge in [0.1, 0.15) is 11.5 Å². The fraction of sp³-hybridized carbons (Fsp3) is 0.149. The molecule has 1 aliphatic heterocycles. The second kappa shape index (κ2) is 9.58. The average Bonchev–Trinajstić information content (AvgIpc) is 3.63. The molecule has 7 aromatic carbocycles. The molecule has 2 spiro atoms. The van der Waals surface area contributed by atoms with Gasteiger partial charge in [-0.25, -0.2) is 0 Å². The van der Waals surface area contributed by atoms with E-state index in [1.54, 1.807) is 0 Å². The van der Waals surface area contributed by atoms with Crippen molar-refractivity contribution in [3.05, 3.63) is 179 Å². The summed E-state index contributed by atoms with van der Waals surface area (Å²) in [4.78, 5) is 0. The number of hydrogen-bond acceptors (Lipinski definition) is 1. The van der Waals surface area contributed by atoms with E-state index < -0.39 is 0 Å². The van der Waals surface area contributed by atoms with Crippen LogP contribution in [0.25, 0.3) is 44.2 Å². The van der Waals surface area contributed by atoms with Crippen LogP contribution >= 0.6 is 0 Å². The highest BCUT2D eigenvalue weighted by molar-refractivity contribution is 6.11. The highest BCUT2D eigenvalue weighted by Gasteiger charge is 2.52. The molecule has 48 heavy (non-hydrogen) atoms. The van der Waals surface area contributed by atoms with Gasteiger partial charge in [0.15, 0.2) is 0 Å². The summed E-state index contributed by atoms with van der Waals surface area (Å²) >= 11 is 0. The van der Waals surface area contributed by atoms with E-state index in [9.17, 15) is 0 Å². The topological polar surface area (TPSA) is 9.23 Å². The van der Waals surface area contributed by atoms with E-state index in [4.69, 9.17) is 4.74 Å². The van der Waals surface area contributed by atoms with Gasteiger partial charge in [-0.15, -0.1) is 0 Å². The zero-order valence-electron chi connectivity index (χ0n) is 26.8. The van der Waals surface area contributed by atoms with Gasteiger partial charge in [0.05, 0.1) is 5.41 Å². The lowest BCUT2D eigenvalue weighted by Gasteiger charge is -2.43. The lowest BCUT2D eigenvalue weighted by molar-refractivity contribution is 0.306. The molecular weight excluding hydrogens is 581 g/mol. The van der Waals surface area contributed by atoms with Crippen LogP contribution in [-0.4, -0.2) is 0 Å². The molecule has 0 unspecified atom stereocenters. The minimum atomic E-state index is -0.376. The van der Waals surface area contributed by atoms with Gasteiger partial charge in [-0.1, -0.05) is 141 Å². The Morgan fingerprint density at radius 2 is 0.958 bits per heavy atom. The normalized spacial score (nSPS) is 16.8. The molecule has 0 radical (unpaired) electrons. The first-order valence-electron chi connectivity index (χ1n) is 17.6. The predicted molar refractivity (Wildman–Crippen MR) is 196 cm³/mol. The summed E-state index contributed by atoms with van der Waals surface area (Å²) < 4.78 is 6.65. The van der Waals surface area contributed by atoms with Crippen molar-refractivity contribution in [2.45, 2.75) is 42.9 Å². The molecule has 0 N–H and O–H groups in total. The summed E-state index contributed by atoms with van der Waals surface area (Å²) in [6, 6.07) is 54.8. The fourth-order valence-electron chi connectivity index (χ4n) is 10.3. The van der Waals surface area contributed by atoms with Crippen LogP contribution in [0, 0.1) is 0 Å². The van der Waals surface area contributed by atoms with Gasteiger partial charge in [-0.3, -0.25) is 0 Å². The van der Waals surface area contributed by atoms with Crippen LogP contribution in [0.5, 0.6) is 11.5 Å².